The second-order valence-corrected chi connectivity index (χ2v) is 10.6. The Balaban J connectivity index is 1.72. The third-order valence-electron chi connectivity index (χ3n) is 5.53. The number of fused-ring (bicyclic) bond motifs is 1. The number of aromatic amines is 1. The minimum absolute atomic E-state index is 0.0330. The van der Waals surface area contributed by atoms with E-state index >= 15 is 0 Å². The molecule has 0 aliphatic carbocycles. The smallest absolute Gasteiger partial charge is 0.211 e. The molecule has 0 spiro atoms. The van der Waals surface area contributed by atoms with Crippen molar-refractivity contribution in [2.45, 2.75) is 32.0 Å². The van der Waals surface area contributed by atoms with Gasteiger partial charge in [0.05, 0.1) is 24.8 Å². The van der Waals surface area contributed by atoms with Crippen LogP contribution in [0.5, 0.6) is 0 Å². The summed E-state index contributed by atoms with van der Waals surface area (Å²) in [6.45, 7) is 1.46. The van der Waals surface area contributed by atoms with Gasteiger partial charge in [-0.05, 0) is 42.2 Å². The van der Waals surface area contributed by atoms with Crippen molar-refractivity contribution in [1.29, 1.82) is 0 Å². The van der Waals surface area contributed by atoms with Gasteiger partial charge in [-0.1, -0.05) is 46.3 Å². The van der Waals surface area contributed by atoms with E-state index in [9.17, 15) is 8.42 Å². The Morgan fingerprint density at radius 3 is 2.70 bits per heavy atom. The van der Waals surface area contributed by atoms with Gasteiger partial charge in [0.2, 0.25) is 10.0 Å². The summed E-state index contributed by atoms with van der Waals surface area (Å²) in [5.74, 6) is 0. The van der Waals surface area contributed by atoms with Crippen LogP contribution in [0.1, 0.15) is 23.2 Å². The van der Waals surface area contributed by atoms with Gasteiger partial charge in [-0.25, -0.2) is 13.4 Å². The molecule has 2 aromatic carbocycles. The second-order valence-electron chi connectivity index (χ2n) is 7.71. The normalized spacial score (nSPS) is 17.5. The zero-order valence-corrected chi connectivity index (χ0v) is 19.2. The number of anilines is 1. The van der Waals surface area contributed by atoms with Crippen LogP contribution in [0, 0.1) is 0 Å². The molecule has 0 amide bonds. The largest absolute Gasteiger partial charge is 0.361 e. The number of imidazole rings is 1. The van der Waals surface area contributed by atoms with Crippen molar-refractivity contribution < 1.29 is 8.42 Å². The number of aromatic nitrogens is 2. The highest BCUT2D eigenvalue weighted by Gasteiger charge is 2.32. The average molecular weight is 489 g/mol. The molecule has 1 atom stereocenters. The van der Waals surface area contributed by atoms with Crippen LogP contribution in [0.4, 0.5) is 5.69 Å². The van der Waals surface area contributed by atoms with Crippen molar-refractivity contribution in [2.24, 2.45) is 0 Å². The van der Waals surface area contributed by atoms with Crippen LogP contribution >= 0.6 is 15.9 Å². The van der Waals surface area contributed by atoms with Crippen molar-refractivity contribution in [1.82, 2.24) is 14.3 Å². The monoisotopic (exact) mass is 488 g/mol. The molecule has 1 unspecified atom stereocenters. The van der Waals surface area contributed by atoms with E-state index in [1.54, 1.807) is 10.6 Å². The maximum atomic E-state index is 12.6. The van der Waals surface area contributed by atoms with E-state index in [4.69, 9.17) is 0 Å². The molecule has 2 heterocycles. The van der Waals surface area contributed by atoms with Crippen molar-refractivity contribution in [3.63, 3.8) is 0 Å². The van der Waals surface area contributed by atoms with Gasteiger partial charge in [0, 0.05) is 35.5 Å². The molecule has 0 bridgehead atoms. The van der Waals surface area contributed by atoms with Gasteiger partial charge >= 0.3 is 0 Å². The SMILES string of the molecule is CS(=O)(=O)N1Cc2cc(Br)ccc2N(Cc2cnc[nH]2)C(CCc2ccccc2)C1. The van der Waals surface area contributed by atoms with Crippen LogP contribution in [-0.4, -0.2) is 41.5 Å². The molecule has 6 nitrogen and oxygen atoms in total. The molecule has 1 aliphatic rings. The fourth-order valence-electron chi connectivity index (χ4n) is 3.99. The van der Waals surface area contributed by atoms with Gasteiger partial charge in [-0.15, -0.1) is 0 Å². The third-order valence-corrected chi connectivity index (χ3v) is 7.24. The fraction of sp³-hybridized carbons (Fsp3) is 0.318. The van der Waals surface area contributed by atoms with Crippen LogP contribution in [0.15, 0.2) is 65.5 Å². The van der Waals surface area contributed by atoms with Gasteiger partial charge in [-0.2, -0.15) is 4.31 Å². The number of halogens is 1. The Morgan fingerprint density at radius 2 is 2.00 bits per heavy atom. The van der Waals surface area contributed by atoms with E-state index in [1.165, 1.54) is 11.8 Å². The maximum Gasteiger partial charge on any atom is 0.211 e. The number of H-pyrrole nitrogens is 1. The summed E-state index contributed by atoms with van der Waals surface area (Å²) >= 11 is 3.54. The first-order chi connectivity index (χ1) is 14.4. The van der Waals surface area contributed by atoms with Crippen LogP contribution in [0.3, 0.4) is 0 Å². The molecule has 0 saturated carbocycles. The topological polar surface area (TPSA) is 69.3 Å². The average Bonchev–Trinajstić information content (AvgIpc) is 3.17. The Morgan fingerprint density at radius 1 is 1.20 bits per heavy atom. The van der Waals surface area contributed by atoms with Crippen LogP contribution in [-0.2, 0) is 29.5 Å². The number of hydrogen-bond donors (Lipinski definition) is 1. The summed E-state index contributed by atoms with van der Waals surface area (Å²) in [6.07, 6.45) is 6.53. The van der Waals surface area contributed by atoms with Crippen LogP contribution in [0.2, 0.25) is 0 Å². The zero-order chi connectivity index (χ0) is 21.1. The highest BCUT2D eigenvalue weighted by Crippen LogP contribution is 2.33. The number of nitrogens with zero attached hydrogens (tertiary/aromatic N) is 3. The van der Waals surface area contributed by atoms with Crippen molar-refractivity contribution >= 4 is 31.6 Å². The van der Waals surface area contributed by atoms with Gasteiger partial charge in [0.25, 0.3) is 0 Å². The van der Waals surface area contributed by atoms with Crippen molar-refractivity contribution in [2.75, 3.05) is 17.7 Å². The predicted molar refractivity (Wildman–Crippen MR) is 123 cm³/mol. The van der Waals surface area contributed by atoms with Crippen LogP contribution in [0.25, 0.3) is 0 Å². The number of aryl methyl sites for hydroxylation is 1. The van der Waals surface area contributed by atoms with E-state index in [1.807, 2.05) is 36.5 Å². The number of nitrogens with one attached hydrogen (secondary N) is 1. The molecule has 1 aromatic heterocycles. The molecule has 0 fully saturated rings. The van der Waals surface area contributed by atoms with E-state index in [0.717, 1.165) is 34.3 Å². The lowest BCUT2D eigenvalue weighted by atomic mass is 10.0. The first kappa shape index (κ1) is 21.1. The van der Waals surface area contributed by atoms with E-state index in [0.29, 0.717) is 19.6 Å². The highest BCUT2D eigenvalue weighted by atomic mass is 79.9. The van der Waals surface area contributed by atoms with E-state index < -0.39 is 10.0 Å². The summed E-state index contributed by atoms with van der Waals surface area (Å²) in [5, 5.41) is 0. The standard InChI is InChI=1S/C22H25BrN4O2S/c1-30(28,29)26-13-18-11-19(23)8-10-22(18)27(14-20-12-24-16-25-20)21(15-26)9-7-17-5-3-2-4-6-17/h2-6,8,10-12,16,21H,7,9,13-15H2,1H3,(H,24,25). The number of rotatable bonds is 6. The molecule has 30 heavy (non-hydrogen) atoms. The van der Waals surface area contributed by atoms with E-state index in [-0.39, 0.29) is 6.04 Å². The molecule has 8 heteroatoms. The van der Waals surface area contributed by atoms with Gasteiger partial charge < -0.3 is 9.88 Å². The minimum atomic E-state index is -3.33. The Kier molecular flexibility index (Phi) is 6.26. The lowest BCUT2D eigenvalue weighted by molar-refractivity contribution is 0.373. The van der Waals surface area contributed by atoms with Crippen molar-refractivity contribution in [3.8, 4) is 0 Å². The molecular weight excluding hydrogens is 464 g/mol. The summed E-state index contributed by atoms with van der Waals surface area (Å²) in [5.41, 5.74) is 4.32. The Hall–Kier alpha value is -2.16. The van der Waals surface area contributed by atoms with Crippen molar-refractivity contribution in [3.05, 3.63) is 82.3 Å². The highest BCUT2D eigenvalue weighted by molar-refractivity contribution is 9.10. The summed E-state index contributed by atoms with van der Waals surface area (Å²) in [6, 6.07) is 16.5. The molecule has 0 radical (unpaired) electrons. The molecule has 3 aromatic rings. The second kappa shape index (κ2) is 8.91. The molecule has 1 N–H and O–H groups in total. The Bertz CT molecular complexity index is 1090. The van der Waals surface area contributed by atoms with Gasteiger partial charge in [-0.3, -0.25) is 0 Å². The lowest BCUT2D eigenvalue weighted by Gasteiger charge is -2.34. The summed E-state index contributed by atoms with van der Waals surface area (Å²) in [7, 11) is -3.33. The number of benzene rings is 2. The first-order valence-corrected chi connectivity index (χ1v) is 12.6. The zero-order valence-electron chi connectivity index (χ0n) is 16.8. The fourth-order valence-corrected chi connectivity index (χ4v) is 5.22. The van der Waals surface area contributed by atoms with E-state index in [2.05, 4.69) is 49.0 Å². The molecule has 4 rings (SSSR count). The molecule has 1 aliphatic heterocycles. The van der Waals surface area contributed by atoms with Gasteiger partial charge in [0.15, 0.2) is 0 Å². The lowest BCUT2D eigenvalue weighted by Crippen LogP contribution is -2.43. The summed E-state index contributed by atoms with van der Waals surface area (Å²) < 4.78 is 27.7. The first-order valence-electron chi connectivity index (χ1n) is 9.91. The molecular formula is C22H25BrN4O2S. The maximum absolute atomic E-state index is 12.6. The minimum Gasteiger partial charge on any atom is -0.361 e. The van der Waals surface area contributed by atoms with Crippen LogP contribution < -0.4 is 4.90 Å². The third kappa shape index (κ3) is 4.94. The Labute approximate surface area is 186 Å². The van der Waals surface area contributed by atoms with Gasteiger partial charge in [0.1, 0.15) is 0 Å². The summed E-state index contributed by atoms with van der Waals surface area (Å²) in [4.78, 5) is 9.67. The molecule has 158 valence electrons. The molecule has 0 saturated heterocycles. The number of sulfonamides is 1. The predicted octanol–water partition coefficient (Wildman–Crippen LogP) is 3.96. The number of hydrogen-bond acceptors (Lipinski definition) is 4. The quantitative estimate of drug-likeness (QED) is 0.570.